The van der Waals surface area contributed by atoms with E-state index in [0.29, 0.717) is 0 Å². The molecule has 5 aliphatic rings. The van der Waals surface area contributed by atoms with Crippen molar-refractivity contribution in [1.29, 1.82) is 0 Å². The van der Waals surface area contributed by atoms with Crippen molar-refractivity contribution in [2.75, 3.05) is 26.4 Å². The largest absolute Gasteiger partial charge is 0.394 e. The maximum atomic E-state index is 11.4. The van der Waals surface area contributed by atoms with Crippen LogP contribution in [0.3, 0.4) is 0 Å². The standard InChI is InChI=1S/C29H55N5O18.H2O4S/c30-3-11-23(51-28-20(43)19(42)17(40)13(5-36)47-28)18(41)15(34)27(45-11)50-24-14(6-37)48-29(21(24)44)52-25-16(39)7(31)1-8(32)22(25)49-26-9(33)2-10(38)12(4-35)46-26;1-5(2,3)4/h7-29,35-44H,1-6,30-34H2;(H2,1,2,3,4). The maximum Gasteiger partial charge on any atom is 0.394 e. The Morgan fingerprint density at radius 3 is 1.54 bits per heavy atom. The highest BCUT2D eigenvalue weighted by atomic mass is 32.3. The minimum Gasteiger partial charge on any atom is -0.394 e. The van der Waals surface area contributed by atoms with Gasteiger partial charge in [0, 0.05) is 18.6 Å². The lowest BCUT2D eigenvalue weighted by atomic mass is 9.84. The summed E-state index contributed by atoms with van der Waals surface area (Å²) in [5, 5.41) is 104. The third kappa shape index (κ3) is 11.7. The number of aliphatic hydroxyl groups excluding tert-OH is 10. The van der Waals surface area contributed by atoms with Gasteiger partial charge in [0.05, 0.1) is 44.1 Å². The van der Waals surface area contributed by atoms with Crippen LogP contribution in [0.4, 0.5) is 0 Å². The van der Waals surface area contributed by atoms with Crippen molar-refractivity contribution in [3.05, 3.63) is 0 Å². The Morgan fingerprint density at radius 2 is 0.965 bits per heavy atom. The van der Waals surface area contributed by atoms with Crippen LogP contribution in [-0.4, -0.2) is 236 Å². The SMILES string of the molecule is NCC1OC(OC2C(CO)OC(OC3C(O)C(N)CC(N)C3OC3OC(CO)C(O)CC3N)C2O)C(N)C(O)C1OC1OC(CO)C(O)C(O)C1O.O=S(=O)(O)O. The fourth-order valence-corrected chi connectivity index (χ4v) is 7.16. The van der Waals surface area contributed by atoms with E-state index in [-0.39, 0.29) is 19.4 Å². The molecule has 0 aromatic heterocycles. The molecule has 0 bridgehead atoms. The summed E-state index contributed by atoms with van der Waals surface area (Å²) in [4.78, 5) is 0. The van der Waals surface area contributed by atoms with Gasteiger partial charge < -0.3 is 118 Å². The predicted octanol–water partition coefficient (Wildman–Crippen LogP) is -10.7. The van der Waals surface area contributed by atoms with Gasteiger partial charge in [-0.1, -0.05) is 0 Å². The van der Waals surface area contributed by atoms with Crippen LogP contribution in [0.5, 0.6) is 0 Å². The van der Waals surface area contributed by atoms with Crippen LogP contribution < -0.4 is 28.7 Å². The lowest BCUT2D eigenvalue weighted by molar-refractivity contribution is -0.348. The molecule has 22 N–H and O–H groups in total. The van der Waals surface area contributed by atoms with Crippen LogP contribution in [0.25, 0.3) is 0 Å². The fourth-order valence-electron chi connectivity index (χ4n) is 7.16. The smallest absolute Gasteiger partial charge is 0.394 e. The highest BCUT2D eigenvalue weighted by molar-refractivity contribution is 7.79. The molecule has 4 heterocycles. The molecule has 57 heavy (non-hydrogen) atoms. The van der Waals surface area contributed by atoms with Gasteiger partial charge >= 0.3 is 10.4 Å². The molecule has 23 atom stereocenters. The van der Waals surface area contributed by atoms with Crippen LogP contribution >= 0.6 is 0 Å². The molecule has 28 heteroatoms. The highest BCUT2D eigenvalue weighted by Crippen LogP contribution is 2.35. The first-order valence-corrected chi connectivity index (χ1v) is 19.3. The van der Waals surface area contributed by atoms with Gasteiger partial charge in [0.1, 0.15) is 79.4 Å². The molecule has 4 aliphatic heterocycles. The number of rotatable bonds is 12. The van der Waals surface area contributed by atoms with Crippen molar-refractivity contribution >= 4 is 10.4 Å². The quantitative estimate of drug-likeness (QED) is 0.0810. The maximum absolute atomic E-state index is 11.4. The molecular formula is C29H57N5O22S. The van der Waals surface area contributed by atoms with Crippen molar-refractivity contribution in [2.24, 2.45) is 28.7 Å². The molecule has 0 radical (unpaired) electrons. The van der Waals surface area contributed by atoms with E-state index in [1.54, 1.807) is 0 Å². The van der Waals surface area contributed by atoms with Gasteiger partial charge in [0.25, 0.3) is 0 Å². The van der Waals surface area contributed by atoms with Crippen molar-refractivity contribution in [1.82, 2.24) is 0 Å². The average Bonchev–Trinajstić information content (AvgIpc) is 3.44. The van der Waals surface area contributed by atoms with Crippen LogP contribution in [0.15, 0.2) is 0 Å². The Bertz CT molecular complexity index is 1340. The number of aliphatic hydroxyl groups is 10. The zero-order valence-electron chi connectivity index (χ0n) is 30.3. The second-order valence-corrected chi connectivity index (χ2v) is 15.3. The van der Waals surface area contributed by atoms with E-state index in [1.165, 1.54) is 0 Å². The molecule has 0 aromatic rings. The lowest BCUT2D eigenvalue weighted by Crippen LogP contribution is -2.67. The van der Waals surface area contributed by atoms with Crippen LogP contribution in [0.2, 0.25) is 0 Å². The molecule has 0 aromatic carbocycles. The van der Waals surface area contributed by atoms with Crippen molar-refractivity contribution in [3.8, 4) is 0 Å². The minimum atomic E-state index is -4.67. The summed E-state index contributed by atoms with van der Waals surface area (Å²) in [5.74, 6) is 0. The summed E-state index contributed by atoms with van der Waals surface area (Å²) in [5.41, 5.74) is 30.8. The first-order chi connectivity index (χ1) is 26.6. The summed E-state index contributed by atoms with van der Waals surface area (Å²) in [7, 11) is -4.67. The number of hydrogen-bond donors (Lipinski definition) is 17. The van der Waals surface area contributed by atoms with Gasteiger partial charge in [-0.15, -0.1) is 0 Å². The third-order valence-electron chi connectivity index (χ3n) is 10.3. The van der Waals surface area contributed by atoms with E-state index in [2.05, 4.69) is 0 Å². The van der Waals surface area contributed by atoms with Crippen molar-refractivity contribution in [3.63, 3.8) is 0 Å². The monoisotopic (exact) mass is 859 g/mol. The minimum absolute atomic E-state index is 0.0266. The fraction of sp³-hybridized carbons (Fsp3) is 1.00. The van der Waals surface area contributed by atoms with Crippen molar-refractivity contribution < 1.29 is 106 Å². The Morgan fingerprint density at radius 1 is 0.491 bits per heavy atom. The Kier molecular flexibility index (Phi) is 17.6. The van der Waals surface area contributed by atoms with E-state index in [4.69, 9.17) is 84.1 Å². The number of ether oxygens (including phenoxy) is 8. The summed E-state index contributed by atoms with van der Waals surface area (Å²) >= 11 is 0. The van der Waals surface area contributed by atoms with Crippen molar-refractivity contribution in [2.45, 2.75) is 154 Å². The average molecular weight is 860 g/mol. The van der Waals surface area contributed by atoms with Gasteiger partial charge in [0.15, 0.2) is 25.2 Å². The lowest BCUT2D eigenvalue weighted by Gasteiger charge is -2.47. The molecule has 27 nitrogen and oxygen atoms in total. The summed E-state index contributed by atoms with van der Waals surface area (Å²) in [6.07, 6.45) is -26.9. The zero-order valence-corrected chi connectivity index (χ0v) is 31.1. The van der Waals surface area contributed by atoms with Gasteiger partial charge in [-0.2, -0.15) is 8.42 Å². The Balaban J connectivity index is 0.00000135. The van der Waals surface area contributed by atoms with Crippen LogP contribution in [0.1, 0.15) is 12.8 Å². The third-order valence-corrected chi connectivity index (χ3v) is 10.3. The van der Waals surface area contributed by atoms with Gasteiger partial charge in [-0.3, -0.25) is 9.11 Å². The van der Waals surface area contributed by atoms with Gasteiger partial charge in [-0.25, -0.2) is 0 Å². The summed E-state index contributed by atoms with van der Waals surface area (Å²) in [6.45, 7) is -2.26. The molecule has 1 aliphatic carbocycles. The Labute approximate surface area is 325 Å². The highest BCUT2D eigenvalue weighted by Gasteiger charge is 2.55. The molecule has 5 rings (SSSR count). The topological polar surface area (TPSA) is 481 Å². The normalized spacial score (nSPS) is 49.6. The molecule has 336 valence electrons. The van der Waals surface area contributed by atoms with E-state index in [1.807, 2.05) is 0 Å². The van der Waals surface area contributed by atoms with Crippen LogP contribution in [-0.2, 0) is 48.3 Å². The molecule has 0 amide bonds. The molecule has 0 spiro atoms. The van der Waals surface area contributed by atoms with E-state index in [0.717, 1.165) is 0 Å². The van der Waals surface area contributed by atoms with Crippen LogP contribution in [0, 0.1) is 0 Å². The molecule has 23 unspecified atom stereocenters. The predicted molar refractivity (Wildman–Crippen MR) is 182 cm³/mol. The zero-order chi connectivity index (χ0) is 42.7. The van der Waals surface area contributed by atoms with Gasteiger partial charge in [-0.05, 0) is 12.8 Å². The summed E-state index contributed by atoms with van der Waals surface area (Å²) < 4.78 is 78.0. The molecule has 5 fully saturated rings. The number of hydrogen-bond acceptors (Lipinski definition) is 25. The van der Waals surface area contributed by atoms with E-state index < -0.39 is 171 Å². The molecule has 4 saturated heterocycles. The Hall–Kier alpha value is -1.05. The molecular weight excluding hydrogens is 802 g/mol. The first-order valence-electron chi connectivity index (χ1n) is 17.9. The van der Waals surface area contributed by atoms with E-state index in [9.17, 15) is 51.1 Å². The van der Waals surface area contributed by atoms with E-state index >= 15 is 0 Å². The molecule has 1 saturated carbocycles. The van der Waals surface area contributed by atoms with Gasteiger partial charge in [0.2, 0.25) is 0 Å². The summed E-state index contributed by atoms with van der Waals surface area (Å²) in [6, 6.07) is -4.01. The first kappa shape index (κ1) is 48.6. The second-order valence-electron chi connectivity index (χ2n) is 14.4. The second kappa shape index (κ2) is 20.7. The number of nitrogens with two attached hydrogens (primary N) is 5.